The molecule has 0 amide bonds. The van der Waals surface area contributed by atoms with Crippen LogP contribution in [0, 0.1) is 0 Å². The summed E-state index contributed by atoms with van der Waals surface area (Å²) in [7, 11) is -3.99. The van der Waals surface area contributed by atoms with E-state index in [2.05, 4.69) is 6.92 Å². The summed E-state index contributed by atoms with van der Waals surface area (Å²) in [5.41, 5.74) is 0. The number of rotatable bonds is 14. The third-order valence-corrected chi connectivity index (χ3v) is 4.29. The topological polar surface area (TPSA) is 57.2 Å². The van der Waals surface area contributed by atoms with E-state index in [4.69, 9.17) is 0 Å². The zero-order valence-electron chi connectivity index (χ0n) is 13.5. The van der Waals surface area contributed by atoms with Crippen LogP contribution in [-0.2, 0) is 10.1 Å². The molecule has 0 heterocycles. The molecule has 3 nitrogen and oxygen atoms in total. The predicted molar refractivity (Wildman–Crippen MR) is 80.3 cm³/mol. The molecular formula is C15H31LiO3S. The van der Waals surface area contributed by atoms with Crippen LogP contribution in [0.1, 0.15) is 90.4 Å². The van der Waals surface area contributed by atoms with Crippen molar-refractivity contribution in [3.05, 3.63) is 0 Å². The van der Waals surface area contributed by atoms with Gasteiger partial charge in [0.15, 0.2) is 0 Å². The van der Waals surface area contributed by atoms with E-state index in [1.54, 1.807) is 0 Å². The number of unbranched alkanes of at least 4 members (excludes halogenated alkanes) is 12. The zero-order valence-corrected chi connectivity index (χ0v) is 14.3. The first kappa shape index (κ1) is 22.8. The van der Waals surface area contributed by atoms with Crippen LogP contribution in [0.15, 0.2) is 0 Å². The summed E-state index contributed by atoms with van der Waals surface area (Å²) in [6.07, 6.45) is 15.7. The second-order valence-corrected chi connectivity index (χ2v) is 7.03. The Morgan fingerprint density at radius 2 is 0.950 bits per heavy atom. The fourth-order valence-electron chi connectivity index (χ4n) is 2.30. The molecule has 0 aromatic heterocycles. The molecule has 5 heteroatoms. The minimum Gasteiger partial charge on any atom is -0.748 e. The zero-order chi connectivity index (χ0) is 14.4. The molecule has 0 aromatic rings. The Morgan fingerprint density at radius 1 is 0.650 bits per heavy atom. The molecule has 0 aliphatic carbocycles. The average Bonchev–Trinajstić information content (AvgIpc) is 2.34. The Hall–Kier alpha value is 0.507. The smallest absolute Gasteiger partial charge is 0.748 e. The first-order valence-electron chi connectivity index (χ1n) is 8.00. The summed E-state index contributed by atoms with van der Waals surface area (Å²) in [6, 6.07) is 0. The summed E-state index contributed by atoms with van der Waals surface area (Å²) >= 11 is 0. The second-order valence-electron chi connectivity index (χ2n) is 5.50. The summed E-state index contributed by atoms with van der Waals surface area (Å²) in [5, 5.41) is 0. The third-order valence-electron chi connectivity index (χ3n) is 3.50. The SMILES string of the molecule is CCCCCCCCCCCCCCCS(=O)(=O)[O-].[Li+]. The second kappa shape index (κ2) is 15.9. The van der Waals surface area contributed by atoms with Crippen LogP contribution < -0.4 is 18.9 Å². The molecular weight excluding hydrogens is 267 g/mol. The summed E-state index contributed by atoms with van der Waals surface area (Å²) in [6.45, 7) is 2.24. The van der Waals surface area contributed by atoms with Crippen molar-refractivity contribution < 1.29 is 31.8 Å². The van der Waals surface area contributed by atoms with Gasteiger partial charge in [0.2, 0.25) is 0 Å². The average molecular weight is 298 g/mol. The largest absolute Gasteiger partial charge is 1.00 e. The molecule has 20 heavy (non-hydrogen) atoms. The van der Waals surface area contributed by atoms with Crippen LogP contribution in [0.2, 0.25) is 0 Å². The van der Waals surface area contributed by atoms with Crippen LogP contribution in [0.25, 0.3) is 0 Å². The molecule has 0 unspecified atom stereocenters. The van der Waals surface area contributed by atoms with Gasteiger partial charge in [0.1, 0.15) is 0 Å². The molecule has 116 valence electrons. The van der Waals surface area contributed by atoms with Crippen molar-refractivity contribution in [1.29, 1.82) is 0 Å². The molecule has 0 fully saturated rings. The molecule has 0 aromatic carbocycles. The quantitative estimate of drug-likeness (QED) is 0.278. The van der Waals surface area contributed by atoms with Gasteiger partial charge in [-0.25, -0.2) is 8.42 Å². The monoisotopic (exact) mass is 298 g/mol. The minimum absolute atomic E-state index is 0. The standard InChI is InChI=1S/C15H32O3S.Li/c1-2-3-4-5-6-7-8-9-10-11-12-13-14-15-19(16,17)18;/h2-15H2,1H3,(H,16,17,18);/q;+1/p-1. The van der Waals surface area contributed by atoms with E-state index in [1.165, 1.54) is 64.2 Å². The van der Waals surface area contributed by atoms with E-state index in [1.807, 2.05) is 0 Å². The number of hydrogen-bond donors (Lipinski definition) is 0. The molecule has 0 radical (unpaired) electrons. The first-order valence-corrected chi connectivity index (χ1v) is 9.57. The van der Waals surface area contributed by atoms with Crippen molar-refractivity contribution in [2.24, 2.45) is 0 Å². The van der Waals surface area contributed by atoms with Gasteiger partial charge in [-0.05, 0) is 6.42 Å². The maximum Gasteiger partial charge on any atom is 1.00 e. The molecule has 0 N–H and O–H groups in total. The van der Waals surface area contributed by atoms with Crippen molar-refractivity contribution in [2.75, 3.05) is 5.75 Å². The predicted octanol–water partition coefficient (Wildman–Crippen LogP) is 1.63. The van der Waals surface area contributed by atoms with Gasteiger partial charge < -0.3 is 4.55 Å². The summed E-state index contributed by atoms with van der Waals surface area (Å²) in [4.78, 5) is 0. The van der Waals surface area contributed by atoms with E-state index in [0.717, 1.165) is 12.8 Å². The van der Waals surface area contributed by atoms with E-state index in [0.29, 0.717) is 6.42 Å². The molecule has 0 saturated heterocycles. The molecule has 0 aliphatic rings. The van der Waals surface area contributed by atoms with Gasteiger partial charge in [0, 0.05) is 5.75 Å². The van der Waals surface area contributed by atoms with Crippen molar-refractivity contribution in [1.82, 2.24) is 0 Å². The van der Waals surface area contributed by atoms with Gasteiger partial charge in [-0.2, -0.15) is 0 Å². The van der Waals surface area contributed by atoms with Crippen molar-refractivity contribution >= 4 is 10.1 Å². The van der Waals surface area contributed by atoms with Gasteiger partial charge in [-0.1, -0.05) is 84.0 Å². The fraction of sp³-hybridized carbons (Fsp3) is 1.00. The molecule has 0 atom stereocenters. The van der Waals surface area contributed by atoms with Crippen molar-refractivity contribution in [3.63, 3.8) is 0 Å². The van der Waals surface area contributed by atoms with Crippen LogP contribution in [0.3, 0.4) is 0 Å². The van der Waals surface area contributed by atoms with E-state index in [9.17, 15) is 13.0 Å². The Morgan fingerprint density at radius 3 is 1.25 bits per heavy atom. The fourth-order valence-corrected chi connectivity index (χ4v) is 2.85. The third kappa shape index (κ3) is 20.8. The summed E-state index contributed by atoms with van der Waals surface area (Å²) in [5.74, 6) is -0.190. The Kier molecular flexibility index (Phi) is 18.1. The Balaban J connectivity index is 0. The van der Waals surface area contributed by atoms with Crippen LogP contribution in [0.4, 0.5) is 0 Å². The van der Waals surface area contributed by atoms with Gasteiger partial charge in [-0.3, -0.25) is 0 Å². The van der Waals surface area contributed by atoms with Gasteiger partial charge in [0.25, 0.3) is 0 Å². The van der Waals surface area contributed by atoms with E-state index < -0.39 is 10.1 Å². The van der Waals surface area contributed by atoms with Crippen LogP contribution in [-0.4, -0.2) is 18.7 Å². The maximum atomic E-state index is 10.4. The van der Waals surface area contributed by atoms with Crippen molar-refractivity contribution in [2.45, 2.75) is 90.4 Å². The van der Waals surface area contributed by atoms with Gasteiger partial charge in [0.05, 0.1) is 10.1 Å². The first-order chi connectivity index (χ1) is 9.06. The minimum atomic E-state index is -3.99. The van der Waals surface area contributed by atoms with E-state index >= 15 is 0 Å². The van der Waals surface area contributed by atoms with Gasteiger partial charge in [-0.15, -0.1) is 0 Å². The van der Waals surface area contributed by atoms with Gasteiger partial charge >= 0.3 is 18.9 Å². The Labute approximate surface area is 138 Å². The van der Waals surface area contributed by atoms with E-state index in [-0.39, 0.29) is 24.6 Å². The molecule has 0 rings (SSSR count). The molecule has 0 saturated carbocycles. The molecule has 0 spiro atoms. The van der Waals surface area contributed by atoms with Crippen LogP contribution in [0.5, 0.6) is 0 Å². The number of hydrogen-bond acceptors (Lipinski definition) is 3. The molecule has 0 bridgehead atoms. The van der Waals surface area contributed by atoms with Crippen LogP contribution >= 0.6 is 0 Å². The maximum absolute atomic E-state index is 10.4. The summed E-state index contributed by atoms with van der Waals surface area (Å²) < 4.78 is 31.1. The molecule has 0 aliphatic heterocycles. The Bertz CT molecular complexity index is 279. The van der Waals surface area contributed by atoms with Crippen molar-refractivity contribution in [3.8, 4) is 0 Å². The normalized spacial score (nSPS) is 11.3.